The molecule has 4 aliphatic heterocycles. The summed E-state index contributed by atoms with van der Waals surface area (Å²) in [5, 5.41) is 7.00. The van der Waals surface area contributed by atoms with Gasteiger partial charge in [0.1, 0.15) is 5.56 Å². The van der Waals surface area contributed by atoms with E-state index in [-0.39, 0.29) is 23.7 Å². The Morgan fingerprint density at radius 3 is 2.90 bits per heavy atom. The van der Waals surface area contributed by atoms with Crippen LogP contribution in [0.15, 0.2) is 23.5 Å². The van der Waals surface area contributed by atoms with Crippen molar-refractivity contribution in [3.8, 4) is 0 Å². The molecular formula is C19H23FN8O. The molecule has 2 bridgehead atoms. The minimum absolute atomic E-state index is 0.000410. The van der Waals surface area contributed by atoms with Gasteiger partial charge >= 0.3 is 0 Å². The first kappa shape index (κ1) is 18.0. The van der Waals surface area contributed by atoms with Gasteiger partial charge in [-0.25, -0.2) is 14.1 Å². The Balaban J connectivity index is 1.44. The molecular weight excluding hydrogens is 375 g/mol. The van der Waals surface area contributed by atoms with Crippen molar-refractivity contribution < 1.29 is 9.18 Å². The number of rotatable bonds is 3. The molecule has 1 amide bonds. The second kappa shape index (κ2) is 7.11. The Hall–Kier alpha value is -3.01. The van der Waals surface area contributed by atoms with Crippen LogP contribution in [0.1, 0.15) is 23.2 Å². The van der Waals surface area contributed by atoms with E-state index in [1.165, 1.54) is 10.9 Å². The fraction of sp³-hybridized carbons (Fsp3) is 0.474. The molecule has 4 aliphatic rings. The van der Waals surface area contributed by atoms with Crippen LogP contribution in [-0.2, 0) is 6.54 Å². The number of amides is 1. The van der Waals surface area contributed by atoms with Gasteiger partial charge in [0.15, 0.2) is 17.8 Å². The first-order valence-electron chi connectivity index (χ1n) is 9.89. The van der Waals surface area contributed by atoms with Crippen LogP contribution in [0.4, 0.5) is 27.4 Å². The zero-order valence-corrected chi connectivity index (χ0v) is 16.0. The smallest absolute Gasteiger partial charge is 0.263 e. The average molecular weight is 398 g/mol. The molecule has 152 valence electrons. The summed E-state index contributed by atoms with van der Waals surface area (Å²) in [6.45, 7) is 4.14. The molecule has 1 unspecified atom stereocenters. The van der Waals surface area contributed by atoms with Crippen LogP contribution in [0.25, 0.3) is 0 Å². The predicted molar refractivity (Wildman–Crippen MR) is 109 cm³/mol. The number of fused-ring (bicyclic) bond motifs is 5. The summed E-state index contributed by atoms with van der Waals surface area (Å²) >= 11 is 0. The van der Waals surface area contributed by atoms with E-state index in [0.717, 1.165) is 44.7 Å². The second-order valence-electron chi connectivity index (χ2n) is 7.67. The van der Waals surface area contributed by atoms with Gasteiger partial charge in [-0.1, -0.05) is 0 Å². The van der Waals surface area contributed by atoms with Crippen LogP contribution in [0.3, 0.4) is 0 Å². The van der Waals surface area contributed by atoms with Gasteiger partial charge in [-0.2, -0.15) is 5.10 Å². The number of pyridine rings is 1. The first-order valence-corrected chi connectivity index (χ1v) is 9.89. The highest BCUT2D eigenvalue weighted by Crippen LogP contribution is 2.34. The van der Waals surface area contributed by atoms with Crippen molar-refractivity contribution in [3.05, 3.63) is 24.0 Å². The maximum absolute atomic E-state index is 13.5. The Kier molecular flexibility index (Phi) is 4.42. The van der Waals surface area contributed by atoms with E-state index in [1.807, 2.05) is 6.07 Å². The van der Waals surface area contributed by atoms with E-state index in [0.29, 0.717) is 11.7 Å². The van der Waals surface area contributed by atoms with Crippen molar-refractivity contribution in [1.82, 2.24) is 19.7 Å². The SMILES string of the molecule is Nc1nn2c(c1C(=O)Nc1cnccc1N1CCN3CCC1CC3)N=CC(F)C2. The highest BCUT2D eigenvalue weighted by atomic mass is 19.1. The van der Waals surface area contributed by atoms with Gasteiger partial charge in [-0.05, 0) is 18.9 Å². The lowest BCUT2D eigenvalue weighted by Crippen LogP contribution is -2.38. The molecule has 29 heavy (non-hydrogen) atoms. The highest BCUT2D eigenvalue weighted by Gasteiger charge is 2.31. The van der Waals surface area contributed by atoms with Gasteiger partial charge < -0.3 is 20.9 Å². The minimum atomic E-state index is -1.24. The van der Waals surface area contributed by atoms with Gasteiger partial charge in [0.2, 0.25) is 0 Å². The monoisotopic (exact) mass is 398 g/mol. The fourth-order valence-corrected chi connectivity index (χ4v) is 4.43. The van der Waals surface area contributed by atoms with Crippen molar-refractivity contribution in [1.29, 1.82) is 0 Å². The van der Waals surface area contributed by atoms with Crippen molar-refractivity contribution >= 4 is 35.1 Å². The molecule has 0 aliphatic carbocycles. The number of carbonyl (C=O) groups excluding carboxylic acids is 1. The molecule has 2 aromatic heterocycles. The van der Waals surface area contributed by atoms with E-state index in [9.17, 15) is 9.18 Å². The van der Waals surface area contributed by atoms with Gasteiger partial charge in [-0.15, -0.1) is 0 Å². The van der Waals surface area contributed by atoms with Crippen LogP contribution in [0, 0.1) is 0 Å². The molecule has 0 spiro atoms. The number of nitrogen functional groups attached to an aromatic ring is 1. The summed E-state index contributed by atoms with van der Waals surface area (Å²) in [6.07, 6.45) is 5.54. The number of nitrogens with two attached hydrogens (primary N) is 1. The molecule has 3 saturated heterocycles. The van der Waals surface area contributed by atoms with Crippen molar-refractivity contribution in [2.24, 2.45) is 4.99 Å². The molecule has 0 aromatic carbocycles. The molecule has 6 rings (SSSR count). The number of alkyl halides is 1. The van der Waals surface area contributed by atoms with E-state index >= 15 is 0 Å². The summed E-state index contributed by atoms with van der Waals surface area (Å²) in [4.78, 5) is 26.1. The number of anilines is 3. The number of hydrogen-bond acceptors (Lipinski definition) is 7. The van der Waals surface area contributed by atoms with Crippen LogP contribution in [0.2, 0.25) is 0 Å². The zero-order chi connectivity index (χ0) is 20.0. The number of nitrogens with one attached hydrogen (secondary N) is 1. The number of piperidine rings is 1. The highest BCUT2D eigenvalue weighted by molar-refractivity contribution is 6.11. The van der Waals surface area contributed by atoms with E-state index in [1.54, 1.807) is 12.4 Å². The quantitative estimate of drug-likeness (QED) is 0.811. The van der Waals surface area contributed by atoms with Crippen molar-refractivity contribution in [2.75, 3.05) is 42.1 Å². The average Bonchev–Trinajstić information content (AvgIpc) is 2.85. The largest absolute Gasteiger partial charge is 0.381 e. The molecule has 3 fully saturated rings. The third kappa shape index (κ3) is 3.23. The van der Waals surface area contributed by atoms with Gasteiger partial charge in [-0.3, -0.25) is 9.78 Å². The standard InChI is InChI=1S/C19H23FN8O/c20-12-9-23-18-16(17(21)25-28(18)11-12)19(29)24-14-10-22-4-1-15(14)27-8-7-26-5-2-13(27)3-6-26/h1,4,9-10,12-13H,2-3,5-8,11H2,(H2,21,25)(H,24,29). The molecule has 6 heterocycles. The maximum atomic E-state index is 13.5. The Labute approximate surface area is 167 Å². The normalized spacial score (nSPS) is 25.6. The summed E-state index contributed by atoms with van der Waals surface area (Å²) in [5.74, 6) is -0.105. The Morgan fingerprint density at radius 1 is 1.24 bits per heavy atom. The molecule has 1 atom stereocenters. The first-order chi connectivity index (χ1) is 14.1. The van der Waals surface area contributed by atoms with Gasteiger partial charge in [0, 0.05) is 44.6 Å². The van der Waals surface area contributed by atoms with E-state index < -0.39 is 12.1 Å². The molecule has 10 heteroatoms. The number of nitrogens with zero attached hydrogens (tertiary/aromatic N) is 6. The van der Waals surface area contributed by atoms with E-state index in [2.05, 4.69) is 30.2 Å². The third-order valence-electron chi connectivity index (χ3n) is 5.90. The van der Waals surface area contributed by atoms with Gasteiger partial charge in [0.25, 0.3) is 5.91 Å². The van der Waals surface area contributed by atoms with Crippen LogP contribution in [0.5, 0.6) is 0 Å². The number of hydrogen-bond donors (Lipinski definition) is 2. The van der Waals surface area contributed by atoms with Crippen molar-refractivity contribution in [3.63, 3.8) is 0 Å². The maximum Gasteiger partial charge on any atom is 0.263 e. The molecule has 0 radical (unpaired) electrons. The lowest BCUT2D eigenvalue weighted by atomic mass is 10.0. The number of aromatic nitrogens is 3. The summed E-state index contributed by atoms with van der Waals surface area (Å²) in [5.41, 5.74) is 7.69. The zero-order valence-electron chi connectivity index (χ0n) is 16.0. The number of halogens is 1. The summed E-state index contributed by atoms with van der Waals surface area (Å²) in [7, 11) is 0. The second-order valence-corrected chi connectivity index (χ2v) is 7.67. The lowest BCUT2D eigenvalue weighted by molar-refractivity contribution is 0.102. The van der Waals surface area contributed by atoms with Crippen LogP contribution in [-0.4, -0.2) is 70.2 Å². The fourth-order valence-electron chi connectivity index (χ4n) is 4.43. The summed E-state index contributed by atoms with van der Waals surface area (Å²) in [6, 6.07) is 2.39. The molecule has 0 saturated carbocycles. The molecule has 9 nitrogen and oxygen atoms in total. The topological polar surface area (TPSA) is 105 Å². The van der Waals surface area contributed by atoms with Crippen LogP contribution < -0.4 is 16.0 Å². The summed E-state index contributed by atoms with van der Waals surface area (Å²) < 4.78 is 14.9. The minimum Gasteiger partial charge on any atom is -0.381 e. The van der Waals surface area contributed by atoms with Crippen molar-refractivity contribution in [2.45, 2.75) is 31.6 Å². The Bertz CT molecular complexity index is 965. The van der Waals surface area contributed by atoms with Crippen LogP contribution >= 0.6 is 0 Å². The van der Waals surface area contributed by atoms with Gasteiger partial charge in [0.05, 0.1) is 24.1 Å². The predicted octanol–water partition coefficient (Wildman–Crippen LogP) is 1.45. The Morgan fingerprint density at radius 2 is 2.07 bits per heavy atom. The van der Waals surface area contributed by atoms with E-state index in [4.69, 9.17) is 5.73 Å². The third-order valence-corrected chi connectivity index (χ3v) is 5.90. The molecule has 3 N–H and O–H groups in total. The number of aliphatic imine (C=N–C) groups is 1. The lowest BCUT2D eigenvalue weighted by Gasteiger charge is -2.34. The molecule has 2 aromatic rings. The number of carbonyl (C=O) groups is 1.